The molecule has 4 aromatic carbocycles. The van der Waals surface area contributed by atoms with Gasteiger partial charge < -0.3 is 20.3 Å². The highest BCUT2D eigenvalue weighted by molar-refractivity contribution is 7.92. The highest BCUT2D eigenvalue weighted by Crippen LogP contribution is 2.49. The average Bonchev–Trinajstić information content (AvgIpc) is 3.98. The molecule has 5 aromatic rings. The molecule has 0 radical (unpaired) electrons. The fourth-order valence-corrected chi connectivity index (χ4v) is 7.19. The number of aliphatic carboxylic acids is 1. The largest absolute Gasteiger partial charge is 0.480 e. The normalized spacial score (nSPS) is 13.8. The van der Waals surface area contributed by atoms with Crippen molar-refractivity contribution in [2.45, 2.75) is 49.5 Å². The predicted octanol–water partition coefficient (Wildman–Crippen LogP) is 4.33. The minimum atomic E-state index is -4.47. The van der Waals surface area contributed by atoms with Crippen LogP contribution in [0.1, 0.15) is 45.6 Å². The summed E-state index contributed by atoms with van der Waals surface area (Å²) in [6, 6.07) is 19.4. The molecule has 6 rings (SSSR count). The summed E-state index contributed by atoms with van der Waals surface area (Å²) in [7, 11) is -2.95. The number of anilines is 2. The number of carbonyl (C=O) groups excluding carboxylic acids is 2. The molecule has 0 saturated heterocycles. The van der Waals surface area contributed by atoms with Crippen LogP contribution in [0.3, 0.4) is 0 Å². The Hall–Kier alpha value is -6.42. The molecule has 0 spiro atoms. The second-order valence-corrected chi connectivity index (χ2v) is 15.0. The van der Waals surface area contributed by atoms with E-state index in [1.807, 2.05) is 35.1 Å². The molecule has 4 N–H and O–H groups in total. The van der Waals surface area contributed by atoms with E-state index in [1.165, 1.54) is 60.1 Å². The molecule has 16 heteroatoms. The highest BCUT2D eigenvalue weighted by atomic mass is 32.2. The molecule has 1 aliphatic rings. The topological polar surface area (TPSA) is 186 Å². The standard InChI is InChI=1S/C39H35F2N5O8S/c1-22-23(2)45(3)38(52)46(35(22)48)27-13-9-24(10-14-27)19-33(36(49)50)43-34(47)29-20-31(41)32(21-30(29)40)44-55(53,54)28-15-11-26(12-16-28)42-37(51)39(17-18-39)25-7-5-4-6-8-25/h4-16,20-21,33,44H,17-19H2,1-3H3,(H,42,51)(H,43,47)(H,49,50)/t33-/m0/s1. The minimum absolute atomic E-state index is 0.230. The number of nitrogens with one attached hydrogen (secondary N) is 3. The minimum Gasteiger partial charge on any atom is -0.480 e. The quantitative estimate of drug-likeness (QED) is 0.144. The molecule has 284 valence electrons. The van der Waals surface area contributed by atoms with Gasteiger partial charge in [0, 0.05) is 36.5 Å². The van der Waals surface area contributed by atoms with Gasteiger partial charge in [-0.15, -0.1) is 0 Å². The summed E-state index contributed by atoms with van der Waals surface area (Å²) < 4.78 is 60.7. The second-order valence-electron chi connectivity index (χ2n) is 13.3. The SMILES string of the molecule is Cc1c(C)n(C)c(=O)n(-c2ccc(C[C@H](NC(=O)c3cc(F)c(NS(=O)(=O)c4ccc(NC(=O)C5(c6ccccc6)CC5)cc4)cc3F)C(=O)O)cc2)c1=O. The zero-order valence-corrected chi connectivity index (χ0v) is 30.5. The number of carboxylic acids is 1. The van der Waals surface area contributed by atoms with Gasteiger partial charge in [0.05, 0.1) is 27.2 Å². The summed E-state index contributed by atoms with van der Waals surface area (Å²) in [5.74, 6) is -5.66. The lowest BCUT2D eigenvalue weighted by Crippen LogP contribution is -2.42. The number of halogens is 2. The van der Waals surface area contributed by atoms with Crippen molar-refractivity contribution in [3.63, 3.8) is 0 Å². The van der Waals surface area contributed by atoms with Gasteiger partial charge in [-0.25, -0.2) is 31.4 Å². The number of hydrogen-bond acceptors (Lipinski definition) is 7. The van der Waals surface area contributed by atoms with Gasteiger partial charge in [0.1, 0.15) is 17.7 Å². The maximum absolute atomic E-state index is 15.2. The number of benzene rings is 4. The highest BCUT2D eigenvalue weighted by Gasteiger charge is 2.51. The first-order valence-electron chi connectivity index (χ1n) is 16.9. The fraction of sp³-hybridized carbons (Fsp3) is 0.205. The van der Waals surface area contributed by atoms with Crippen LogP contribution in [0.25, 0.3) is 5.69 Å². The van der Waals surface area contributed by atoms with Crippen molar-refractivity contribution >= 4 is 39.2 Å². The molecular weight excluding hydrogens is 737 g/mol. The third kappa shape index (κ3) is 7.66. The lowest BCUT2D eigenvalue weighted by molar-refractivity contribution is -0.139. The second kappa shape index (κ2) is 14.8. The van der Waals surface area contributed by atoms with Crippen molar-refractivity contribution in [1.82, 2.24) is 14.5 Å². The van der Waals surface area contributed by atoms with E-state index in [1.54, 1.807) is 13.8 Å². The number of amides is 2. The lowest BCUT2D eigenvalue weighted by Gasteiger charge is -2.17. The van der Waals surface area contributed by atoms with E-state index in [0.717, 1.165) is 10.1 Å². The van der Waals surface area contributed by atoms with Crippen molar-refractivity contribution < 1.29 is 36.7 Å². The number of rotatable bonds is 12. The van der Waals surface area contributed by atoms with Gasteiger partial charge in [-0.2, -0.15) is 0 Å². The molecule has 1 saturated carbocycles. The van der Waals surface area contributed by atoms with Crippen LogP contribution in [0.4, 0.5) is 20.2 Å². The molecule has 1 atom stereocenters. The van der Waals surface area contributed by atoms with Crippen molar-refractivity contribution in [2.24, 2.45) is 7.05 Å². The zero-order chi connectivity index (χ0) is 39.8. The summed E-state index contributed by atoms with van der Waals surface area (Å²) in [4.78, 5) is 63.3. The van der Waals surface area contributed by atoms with E-state index in [0.29, 0.717) is 47.5 Å². The summed E-state index contributed by atoms with van der Waals surface area (Å²) >= 11 is 0. The third-order valence-corrected chi connectivity index (χ3v) is 11.1. The summed E-state index contributed by atoms with van der Waals surface area (Å²) in [6.07, 6.45) is 1.03. The van der Waals surface area contributed by atoms with Crippen LogP contribution in [0.2, 0.25) is 0 Å². The molecule has 1 fully saturated rings. The molecule has 1 aliphatic carbocycles. The number of nitrogens with zero attached hydrogens (tertiary/aromatic N) is 2. The van der Waals surface area contributed by atoms with Gasteiger partial charge in [0.25, 0.3) is 21.5 Å². The zero-order valence-electron chi connectivity index (χ0n) is 29.7. The molecule has 13 nitrogen and oxygen atoms in total. The van der Waals surface area contributed by atoms with Gasteiger partial charge in [0.2, 0.25) is 5.91 Å². The van der Waals surface area contributed by atoms with E-state index in [2.05, 4.69) is 10.6 Å². The van der Waals surface area contributed by atoms with Crippen LogP contribution in [-0.2, 0) is 38.5 Å². The van der Waals surface area contributed by atoms with Gasteiger partial charge in [-0.1, -0.05) is 42.5 Å². The maximum atomic E-state index is 15.2. The number of hydrogen-bond donors (Lipinski definition) is 4. The third-order valence-electron chi connectivity index (χ3n) is 9.76. The first-order chi connectivity index (χ1) is 26.0. The summed E-state index contributed by atoms with van der Waals surface area (Å²) in [5.41, 5.74) is -0.755. The lowest BCUT2D eigenvalue weighted by atomic mass is 9.95. The number of carboxylic acid groups (broad SMARTS) is 1. The van der Waals surface area contributed by atoms with Crippen molar-refractivity contribution in [3.05, 3.63) is 151 Å². The fourth-order valence-electron chi connectivity index (χ4n) is 6.13. The Morgan fingerprint density at radius 3 is 2.13 bits per heavy atom. The van der Waals surface area contributed by atoms with E-state index in [4.69, 9.17) is 0 Å². The molecule has 1 heterocycles. The van der Waals surface area contributed by atoms with Gasteiger partial charge in [0.15, 0.2) is 0 Å². The Labute approximate surface area is 313 Å². The molecule has 55 heavy (non-hydrogen) atoms. The molecule has 2 amide bonds. The molecule has 1 aromatic heterocycles. The number of carbonyl (C=O) groups is 3. The summed E-state index contributed by atoms with van der Waals surface area (Å²) in [5, 5.41) is 14.7. The Kier molecular flexibility index (Phi) is 10.3. The molecule has 0 aliphatic heterocycles. The van der Waals surface area contributed by atoms with E-state index < -0.39 is 67.5 Å². The van der Waals surface area contributed by atoms with E-state index >= 15 is 8.78 Å². The maximum Gasteiger partial charge on any atom is 0.335 e. The van der Waals surface area contributed by atoms with Crippen LogP contribution < -0.4 is 26.6 Å². The Morgan fingerprint density at radius 2 is 1.53 bits per heavy atom. The Balaban J connectivity index is 1.11. The monoisotopic (exact) mass is 771 g/mol. The smallest absolute Gasteiger partial charge is 0.335 e. The molecular formula is C39H35F2N5O8S. The Bertz CT molecular complexity index is 2530. The van der Waals surface area contributed by atoms with E-state index in [-0.39, 0.29) is 22.9 Å². The average molecular weight is 772 g/mol. The van der Waals surface area contributed by atoms with Crippen molar-refractivity contribution in [1.29, 1.82) is 0 Å². The van der Waals surface area contributed by atoms with Crippen LogP contribution in [0, 0.1) is 25.5 Å². The predicted molar refractivity (Wildman–Crippen MR) is 199 cm³/mol. The van der Waals surface area contributed by atoms with E-state index in [9.17, 15) is 37.5 Å². The Morgan fingerprint density at radius 1 is 0.891 bits per heavy atom. The molecule has 0 bridgehead atoms. The molecule has 0 unspecified atom stereocenters. The van der Waals surface area contributed by atoms with Gasteiger partial charge in [-0.05, 0) is 80.3 Å². The summed E-state index contributed by atoms with van der Waals surface area (Å²) in [6.45, 7) is 3.23. The van der Waals surface area contributed by atoms with Crippen LogP contribution in [-0.4, -0.2) is 46.5 Å². The first-order valence-corrected chi connectivity index (χ1v) is 18.4. The van der Waals surface area contributed by atoms with Crippen molar-refractivity contribution in [2.75, 3.05) is 10.0 Å². The van der Waals surface area contributed by atoms with Crippen LogP contribution >= 0.6 is 0 Å². The van der Waals surface area contributed by atoms with Crippen molar-refractivity contribution in [3.8, 4) is 5.69 Å². The number of aromatic nitrogens is 2. The first kappa shape index (κ1) is 38.3. The van der Waals surface area contributed by atoms with Crippen LogP contribution in [0.15, 0.2) is 105 Å². The van der Waals surface area contributed by atoms with Crippen LogP contribution in [0.5, 0.6) is 0 Å². The van der Waals surface area contributed by atoms with Gasteiger partial charge >= 0.3 is 11.7 Å². The number of sulfonamides is 1. The van der Waals surface area contributed by atoms with Gasteiger partial charge in [-0.3, -0.25) is 19.1 Å².